The smallest absolute Gasteiger partial charge is 0.274 e. The first-order valence-electron chi connectivity index (χ1n) is 8.53. The first kappa shape index (κ1) is 18.6. The Balaban J connectivity index is 1.95. The Kier molecular flexibility index (Phi) is 6.48. The van der Waals surface area contributed by atoms with Gasteiger partial charge in [0.1, 0.15) is 6.10 Å². The van der Waals surface area contributed by atoms with E-state index in [1.807, 2.05) is 6.92 Å². The van der Waals surface area contributed by atoms with Crippen LogP contribution < -0.4 is 11.6 Å². The fraction of sp³-hybridized carbons (Fsp3) is 0.556. The number of rotatable bonds is 5. The van der Waals surface area contributed by atoms with Gasteiger partial charge in [-0.25, -0.2) is 10.9 Å². The molecule has 5 N–H and O–H groups in total. The van der Waals surface area contributed by atoms with Crippen molar-refractivity contribution in [3.8, 4) is 0 Å². The highest BCUT2D eigenvalue weighted by molar-refractivity contribution is 6.05. The number of aliphatic hydroxyl groups is 1. The number of nitrogens with two attached hydrogens (primary N) is 2. The summed E-state index contributed by atoms with van der Waals surface area (Å²) in [5, 5.41) is 10.6. The van der Waals surface area contributed by atoms with Gasteiger partial charge >= 0.3 is 0 Å². The summed E-state index contributed by atoms with van der Waals surface area (Å²) in [5.41, 5.74) is 7.27. The lowest BCUT2D eigenvalue weighted by Gasteiger charge is -2.28. The van der Waals surface area contributed by atoms with E-state index in [9.17, 15) is 14.7 Å². The Labute approximate surface area is 142 Å². The van der Waals surface area contributed by atoms with Gasteiger partial charge in [-0.05, 0) is 31.4 Å². The van der Waals surface area contributed by atoms with E-state index < -0.39 is 24.0 Å². The van der Waals surface area contributed by atoms with Gasteiger partial charge < -0.3 is 10.8 Å². The van der Waals surface area contributed by atoms with Crippen LogP contribution in [0.15, 0.2) is 24.3 Å². The van der Waals surface area contributed by atoms with Crippen molar-refractivity contribution < 1.29 is 14.7 Å². The van der Waals surface area contributed by atoms with Crippen LogP contribution in [-0.2, 0) is 4.79 Å². The summed E-state index contributed by atoms with van der Waals surface area (Å²) >= 11 is 0. The zero-order chi connectivity index (χ0) is 17.7. The number of hydrogen-bond acceptors (Lipinski definition) is 5. The number of amides is 2. The molecule has 0 radical (unpaired) electrons. The van der Waals surface area contributed by atoms with Crippen molar-refractivity contribution in [2.45, 2.75) is 57.6 Å². The van der Waals surface area contributed by atoms with Crippen LogP contribution in [0.4, 0.5) is 0 Å². The van der Waals surface area contributed by atoms with Crippen LogP contribution in [0.3, 0.4) is 0 Å². The van der Waals surface area contributed by atoms with Crippen LogP contribution in [-0.4, -0.2) is 34.1 Å². The molecule has 0 bridgehead atoms. The molecule has 2 amide bonds. The van der Waals surface area contributed by atoms with E-state index in [-0.39, 0.29) is 0 Å². The van der Waals surface area contributed by atoms with Crippen molar-refractivity contribution in [3.05, 3.63) is 35.4 Å². The molecule has 1 unspecified atom stereocenters. The number of aryl methyl sites for hydroxylation is 1. The topological polar surface area (TPSA) is 110 Å². The lowest BCUT2D eigenvalue weighted by atomic mass is 9.84. The molecule has 6 heteroatoms. The summed E-state index contributed by atoms with van der Waals surface area (Å²) in [5.74, 6) is 4.54. The van der Waals surface area contributed by atoms with Crippen molar-refractivity contribution in [2.24, 2.45) is 17.5 Å². The van der Waals surface area contributed by atoms with Crippen molar-refractivity contribution in [1.29, 1.82) is 0 Å². The van der Waals surface area contributed by atoms with Gasteiger partial charge in [-0.3, -0.25) is 9.59 Å². The van der Waals surface area contributed by atoms with Gasteiger partial charge in [0.05, 0.1) is 0 Å². The Hall–Kier alpha value is -1.76. The minimum Gasteiger partial charge on any atom is -0.382 e. The monoisotopic (exact) mass is 333 g/mol. The molecule has 1 aliphatic rings. The minimum atomic E-state index is -1.47. The molecule has 0 saturated heterocycles. The summed E-state index contributed by atoms with van der Waals surface area (Å²) in [7, 11) is 0. The van der Waals surface area contributed by atoms with Crippen molar-refractivity contribution in [2.75, 3.05) is 0 Å². The number of aliphatic hydroxyl groups excluding tert-OH is 1. The molecular weight excluding hydrogens is 306 g/mol. The lowest BCUT2D eigenvalue weighted by Crippen LogP contribution is -2.53. The summed E-state index contributed by atoms with van der Waals surface area (Å²) < 4.78 is 0. The normalized spacial score (nSPS) is 18.0. The predicted octanol–water partition coefficient (Wildman–Crippen LogP) is 1.50. The Morgan fingerprint density at radius 3 is 2.38 bits per heavy atom. The van der Waals surface area contributed by atoms with Crippen LogP contribution in [0.25, 0.3) is 0 Å². The molecule has 1 saturated carbocycles. The van der Waals surface area contributed by atoms with Crippen LogP contribution >= 0.6 is 0 Å². The van der Waals surface area contributed by atoms with E-state index in [0.717, 1.165) is 31.2 Å². The zero-order valence-corrected chi connectivity index (χ0v) is 14.1. The molecule has 0 aliphatic heterocycles. The SMILES string of the molecule is Cc1ccc(C(=O)N(N)C(=O)C(O)[C@H](N)CC2CCCCC2)cc1. The Morgan fingerprint density at radius 1 is 1.21 bits per heavy atom. The van der Waals surface area contributed by atoms with Crippen molar-refractivity contribution in [3.63, 3.8) is 0 Å². The average Bonchev–Trinajstić information content (AvgIpc) is 2.60. The fourth-order valence-corrected chi connectivity index (χ4v) is 3.20. The quantitative estimate of drug-likeness (QED) is 0.430. The van der Waals surface area contributed by atoms with E-state index >= 15 is 0 Å². The highest BCUT2D eigenvalue weighted by atomic mass is 16.3. The second-order valence-corrected chi connectivity index (χ2v) is 6.73. The summed E-state index contributed by atoms with van der Waals surface area (Å²) in [6.45, 7) is 1.90. The molecule has 1 fully saturated rings. The molecule has 24 heavy (non-hydrogen) atoms. The Bertz CT molecular complexity index is 567. The number of nitrogens with zero attached hydrogens (tertiary/aromatic N) is 1. The highest BCUT2D eigenvalue weighted by Gasteiger charge is 2.31. The van der Waals surface area contributed by atoms with Gasteiger partial charge in [-0.2, -0.15) is 0 Å². The first-order chi connectivity index (χ1) is 11.4. The second-order valence-electron chi connectivity index (χ2n) is 6.73. The summed E-state index contributed by atoms with van der Waals surface area (Å²) in [6.07, 6.45) is 4.80. The molecule has 1 aliphatic carbocycles. The molecule has 1 aromatic carbocycles. The van der Waals surface area contributed by atoms with Crippen LogP contribution in [0.2, 0.25) is 0 Å². The molecule has 2 rings (SSSR count). The first-order valence-corrected chi connectivity index (χ1v) is 8.53. The van der Waals surface area contributed by atoms with E-state index in [0.29, 0.717) is 22.9 Å². The van der Waals surface area contributed by atoms with Gasteiger partial charge in [0, 0.05) is 11.6 Å². The van der Waals surface area contributed by atoms with E-state index in [1.165, 1.54) is 6.42 Å². The molecule has 6 nitrogen and oxygen atoms in total. The van der Waals surface area contributed by atoms with Gasteiger partial charge in [0.15, 0.2) is 0 Å². The van der Waals surface area contributed by atoms with Gasteiger partial charge in [-0.15, -0.1) is 0 Å². The van der Waals surface area contributed by atoms with Crippen LogP contribution in [0.1, 0.15) is 54.4 Å². The largest absolute Gasteiger partial charge is 0.382 e. The average molecular weight is 333 g/mol. The Morgan fingerprint density at radius 2 is 1.79 bits per heavy atom. The third kappa shape index (κ3) is 4.63. The molecule has 0 aromatic heterocycles. The molecule has 0 spiro atoms. The number of benzene rings is 1. The van der Waals surface area contributed by atoms with E-state index in [1.54, 1.807) is 24.3 Å². The molecule has 2 atom stereocenters. The van der Waals surface area contributed by atoms with Crippen molar-refractivity contribution in [1.82, 2.24) is 5.01 Å². The molecule has 1 aromatic rings. The number of carbonyl (C=O) groups is 2. The summed E-state index contributed by atoms with van der Waals surface area (Å²) in [6, 6.07) is 6.00. The maximum Gasteiger partial charge on any atom is 0.274 e. The van der Waals surface area contributed by atoms with E-state index in [2.05, 4.69) is 0 Å². The minimum absolute atomic E-state index is 0.296. The lowest BCUT2D eigenvalue weighted by molar-refractivity contribution is -0.138. The standard InChI is InChI=1S/C18H27N3O3/c1-12-7-9-14(10-8-12)17(23)21(20)18(24)16(22)15(19)11-13-5-3-2-4-6-13/h7-10,13,15-16,22H,2-6,11,19-20H2,1H3/t15-,16?/m1/s1. The highest BCUT2D eigenvalue weighted by Crippen LogP contribution is 2.27. The third-order valence-corrected chi connectivity index (χ3v) is 4.74. The van der Waals surface area contributed by atoms with Crippen LogP contribution in [0, 0.1) is 12.8 Å². The number of imide groups is 1. The maximum atomic E-state index is 12.3. The molecule has 0 heterocycles. The fourth-order valence-electron chi connectivity index (χ4n) is 3.20. The second kappa shape index (κ2) is 8.37. The van der Waals surface area contributed by atoms with Crippen LogP contribution in [0.5, 0.6) is 0 Å². The molecular formula is C18H27N3O3. The predicted molar refractivity (Wildman–Crippen MR) is 91.7 cm³/mol. The van der Waals surface area contributed by atoms with Gasteiger partial charge in [0.25, 0.3) is 11.8 Å². The molecule has 132 valence electrons. The summed E-state index contributed by atoms with van der Waals surface area (Å²) in [4.78, 5) is 24.5. The maximum absolute atomic E-state index is 12.3. The number of hydrogen-bond donors (Lipinski definition) is 3. The van der Waals surface area contributed by atoms with Gasteiger partial charge in [0.2, 0.25) is 0 Å². The number of hydrazine groups is 1. The van der Waals surface area contributed by atoms with Gasteiger partial charge in [-0.1, -0.05) is 49.8 Å². The zero-order valence-electron chi connectivity index (χ0n) is 14.1. The van der Waals surface area contributed by atoms with Crippen molar-refractivity contribution >= 4 is 11.8 Å². The van der Waals surface area contributed by atoms with E-state index in [4.69, 9.17) is 11.6 Å². The number of carbonyl (C=O) groups excluding carboxylic acids is 2. The third-order valence-electron chi connectivity index (χ3n) is 4.74.